The number of nitrogens with two attached hydrogens (primary N) is 1. The Morgan fingerprint density at radius 2 is 1.90 bits per heavy atom. The number of nitrogens with zero attached hydrogens (tertiary/aromatic N) is 3. The maximum atomic E-state index is 5.73. The molecular weight excluding hydrogens is 248 g/mol. The smallest absolute Gasteiger partial charge is 0.0947 e. The lowest BCUT2D eigenvalue weighted by molar-refractivity contribution is 0.807. The van der Waals surface area contributed by atoms with Gasteiger partial charge in [-0.1, -0.05) is 35.5 Å². The fraction of sp³-hybridized carbons (Fsp3) is 0.125. The third-order valence-corrected chi connectivity index (χ3v) is 3.36. The van der Waals surface area contributed by atoms with Crippen molar-refractivity contribution in [1.29, 1.82) is 0 Å². The number of hydrogen-bond acceptors (Lipinski definition) is 3. The molecule has 0 spiro atoms. The van der Waals surface area contributed by atoms with Crippen molar-refractivity contribution < 1.29 is 0 Å². The van der Waals surface area contributed by atoms with Crippen molar-refractivity contribution in [1.82, 2.24) is 15.0 Å². The highest BCUT2D eigenvalue weighted by Crippen LogP contribution is 2.25. The van der Waals surface area contributed by atoms with Crippen LogP contribution in [0.3, 0.4) is 0 Å². The molecule has 0 saturated heterocycles. The second-order valence-corrected chi connectivity index (χ2v) is 4.72. The minimum absolute atomic E-state index is 0.528. The molecule has 2 N–H and O–H groups in total. The van der Waals surface area contributed by atoms with Crippen molar-refractivity contribution in [3.8, 4) is 16.9 Å². The van der Waals surface area contributed by atoms with Gasteiger partial charge >= 0.3 is 0 Å². The standard InChI is InChI=1S/C16H16N4/c1-12-7-8-13(10-17)9-15(12)16-11-18-19-20(16)14-5-3-2-4-6-14/h2-9,11H,10,17H2,1H3. The Balaban J connectivity index is 2.15. The average Bonchev–Trinajstić information content (AvgIpc) is 2.98. The van der Waals surface area contributed by atoms with E-state index in [1.165, 1.54) is 5.56 Å². The van der Waals surface area contributed by atoms with Gasteiger partial charge in [-0.15, -0.1) is 5.10 Å². The zero-order chi connectivity index (χ0) is 13.9. The Morgan fingerprint density at radius 3 is 2.65 bits per heavy atom. The van der Waals surface area contributed by atoms with Gasteiger partial charge in [0, 0.05) is 12.1 Å². The predicted octanol–water partition coefficient (Wildman–Crippen LogP) is 2.70. The molecule has 4 heteroatoms. The Labute approximate surface area is 117 Å². The molecule has 0 aliphatic carbocycles. The first-order chi connectivity index (χ1) is 9.79. The van der Waals surface area contributed by atoms with Crippen molar-refractivity contribution in [2.75, 3.05) is 0 Å². The Kier molecular flexibility index (Phi) is 3.31. The highest BCUT2D eigenvalue weighted by atomic mass is 15.4. The summed E-state index contributed by atoms with van der Waals surface area (Å²) in [6.07, 6.45) is 1.79. The summed E-state index contributed by atoms with van der Waals surface area (Å²) in [4.78, 5) is 0. The topological polar surface area (TPSA) is 56.7 Å². The number of aromatic nitrogens is 3. The normalized spacial score (nSPS) is 10.7. The molecule has 3 aromatic rings. The van der Waals surface area contributed by atoms with Crippen LogP contribution < -0.4 is 5.73 Å². The number of hydrogen-bond donors (Lipinski definition) is 1. The summed E-state index contributed by atoms with van der Waals surface area (Å²) in [6, 6.07) is 16.2. The summed E-state index contributed by atoms with van der Waals surface area (Å²) in [6.45, 7) is 2.61. The zero-order valence-electron chi connectivity index (χ0n) is 11.3. The molecule has 1 heterocycles. The van der Waals surface area contributed by atoms with E-state index >= 15 is 0 Å². The van der Waals surface area contributed by atoms with E-state index in [0.717, 1.165) is 22.5 Å². The highest BCUT2D eigenvalue weighted by Gasteiger charge is 2.11. The van der Waals surface area contributed by atoms with Gasteiger partial charge in [0.25, 0.3) is 0 Å². The third-order valence-electron chi connectivity index (χ3n) is 3.36. The molecule has 0 fully saturated rings. The number of benzene rings is 2. The lowest BCUT2D eigenvalue weighted by atomic mass is 10.0. The molecule has 1 aromatic heterocycles. The van der Waals surface area contributed by atoms with E-state index in [4.69, 9.17) is 5.73 Å². The lowest BCUT2D eigenvalue weighted by Crippen LogP contribution is -2.01. The molecular formula is C16H16N4. The Bertz CT molecular complexity index is 716. The fourth-order valence-corrected chi connectivity index (χ4v) is 2.25. The second-order valence-electron chi connectivity index (χ2n) is 4.72. The van der Waals surface area contributed by atoms with Crippen LogP contribution >= 0.6 is 0 Å². The number of rotatable bonds is 3. The summed E-state index contributed by atoms with van der Waals surface area (Å²) in [7, 11) is 0. The van der Waals surface area contributed by atoms with Crippen molar-refractivity contribution in [2.45, 2.75) is 13.5 Å². The van der Waals surface area contributed by atoms with Gasteiger partial charge in [-0.25, -0.2) is 4.68 Å². The van der Waals surface area contributed by atoms with Crippen LogP contribution in [0.5, 0.6) is 0 Å². The van der Waals surface area contributed by atoms with Gasteiger partial charge in [0.2, 0.25) is 0 Å². The van der Waals surface area contributed by atoms with Crippen LogP contribution in [-0.4, -0.2) is 15.0 Å². The van der Waals surface area contributed by atoms with Crippen LogP contribution in [0.4, 0.5) is 0 Å². The van der Waals surface area contributed by atoms with Crippen LogP contribution in [0.15, 0.2) is 54.7 Å². The third kappa shape index (κ3) is 2.21. The van der Waals surface area contributed by atoms with Crippen LogP contribution in [-0.2, 0) is 6.54 Å². The van der Waals surface area contributed by atoms with E-state index in [-0.39, 0.29) is 0 Å². The largest absolute Gasteiger partial charge is 0.326 e. The molecule has 2 aromatic carbocycles. The fourth-order valence-electron chi connectivity index (χ4n) is 2.25. The molecule has 3 rings (SSSR count). The highest BCUT2D eigenvalue weighted by molar-refractivity contribution is 5.65. The van der Waals surface area contributed by atoms with Gasteiger partial charge in [-0.05, 0) is 36.2 Å². The molecule has 0 amide bonds. The van der Waals surface area contributed by atoms with E-state index < -0.39 is 0 Å². The molecule has 0 bridgehead atoms. The molecule has 4 nitrogen and oxygen atoms in total. The van der Waals surface area contributed by atoms with E-state index in [1.807, 2.05) is 35.0 Å². The summed E-state index contributed by atoms with van der Waals surface area (Å²) >= 11 is 0. The van der Waals surface area contributed by atoms with Gasteiger partial charge in [0.05, 0.1) is 17.6 Å². The SMILES string of the molecule is Cc1ccc(CN)cc1-c1cnnn1-c1ccccc1. The number of aryl methyl sites for hydroxylation is 1. The monoisotopic (exact) mass is 264 g/mol. The van der Waals surface area contributed by atoms with Crippen LogP contribution in [0, 0.1) is 6.92 Å². The first-order valence-electron chi connectivity index (χ1n) is 6.55. The maximum absolute atomic E-state index is 5.73. The Morgan fingerprint density at radius 1 is 1.10 bits per heavy atom. The lowest BCUT2D eigenvalue weighted by Gasteiger charge is -2.10. The quantitative estimate of drug-likeness (QED) is 0.791. The predicted molar refractivity (Wildman–Crippen MR) is 79.4 cm³/mol. The minimum atomic E-state index is 0.528. The van der Waals surface area contributed by atoms with E-state index in [1.54, 1.807) is 6.20 Å². The summed E-state index contributed by atoms with van der Waals surface area (Å²) < 4.78 is 1.85. The molecule has 0 aliphatic heterocycles. The van der Waals surface area contributed by atoms with Crippen LogP contribution in [0.25, 0.3) is 16.9 Å². The van der Waals surface area contributed by atoms with Gasteiger partial charge in [0.1, 0.15) is 0 Å². The molecule has 0 aliphatic rings. The Hall–Kier alpha value is -2.46. The summed E-state index contributed by atoms with van der Waals surface area (Å²) in [5.41, 5.74) is 11.1. The molecule has 0 unspecified atom stereocenters. The van der Waals surface area contributed by atoms with Gasteiger partial charge in [-0.3, -0.25) is 0 Å². The van der Waals surface area contributed by atoms with Crippen LogP contribution in [0.1, 0.15) is 11.1 Å². The van der Waals surface area contributed by atoms with Gasteiger partial charge in [0.15, 0.2) is 0 Å². The molecule has 20 heavy (non-hydrogen) atoms. The first-order valence-corrected chi connectivity index (χ1v) is 6.55. The van der Waals surface area contributed by atoms with Crippen LogP contribution in [0.2, 0.25) is 0 Å². The molecule has 0 atom stereocenters. The number of para-hydroxylation sites is 1. The van der Waals surface area contributed by atoms with Gasteiger partial charge < -0.3 is 5.73 Å². The van der Waals surface area contributed by atoms with Crippen molar-refractivity contribution >= 4 is 0 Å². The summed E-state index contributed by atoms with van der Waals surface area (Å²) in [5, 5.41) is 8.25. The van der Waals surface area contributed by atoms with E-state index in [2.05, 4.69) is 35.4 Å². The molecule has 100 valence electrons. The van der Waals surface area contributed by atoms with Gasteiger partial charge in [-0.2, -0.15) is 0 Å². The minimum Gasteiger partial charge on any atom is -0.326 e. The first kappa shape index (κ1) is 12.6. The van der Waals surface area contributed by atoms with Crippen molar-refractivity contribution in [2.24, 2.45) is 5.73 Å². The van der Waals surface area contributed by atoms with E-state index in [0.29, 0.717) is 6.54 Å². The second kappa shape index (κ2) is 5.27. The van der Waals surface area contributed by atoms with Crippen molar-refractivity contribution in [3.63, 3.8) is 0 Å². The average molecular weight is 264 g/mol. The molecule has 0 saturated carbocycles. The zero-order valence-corrected chi connectivity index (χ0v) is 11.3. The van der Waals surface area contributed by atoms with Crippen molar-refractivity contribution in [3.05, 3.63) is 65.9 Å². The molecule has 0 radical (unpaired) electrons. The maximum Gasteiger partial charge on any atom is 0.0947 e. The summed E-state index contributed by atoms with van der Waals surface area (Å²) in [5.74, 6) is 0. The van der Waals surface area contributed by atoms with E-state index in [9.17, 15) is 0 Å².